The summed E-state index contributed by atoms with van der Waals surface area (Å²) in [6.45, 7) is 6.90. The van der Waals surface area contributed by atoms with Crippen molar-refractivity contribution in [3.63, 3.8) is 0 Å². The molecule has 0 aromatic heterocycles. The number of piperidine rings is 1. The largest absolute Gasteiger partial charge is 0.317 e. The molecule has 2 unspecified atom stereocenters. The van der Waals surface area contributed by atoms with Gasteiger partial charge in [0.2, 0.25) is 0 Å². The maximum atomic E-state index is 3.47. The molecule has 1 N–H and O–H groups in total. The average Bonchev–Trinajstić information content (AvgIpc) is 2.48. The number of hydrogen-bond donors (Lipinski definition) is 1. The van der Waals surface area contributed by atoms with Gasteiger partial charge in [-0.05, 0) is 69.4 Å². The Balaban J connectivity index is 2.16. The lowest BCUT2D eigenvalue weighted by molar-refractivity contribution is 0.177. The predicted octanol–water partition coefficient (Wildman–Crippen LogP) is 3.80. The maximum absolute atomic E-state index is 3.47. The molecule has 2 nitrogen and oxygen atoms in total. The fourth-order valence-electron chi connectivity index (χ4n) is 3.41. The van der Waals surface area contributed by atoms with E-state index in [0.29, 0.717) is 12.0 Å². The van der Waals surface area contributed by atoms with E-state index in [1.807, 2.05) is 0 Å². The number of rotatable bonds is 5. The lowest BCUT2D eigenvalue weighted by Gasteiger charge is -2.35. The summed E-state index contributed by atoms with van der Waals surface area (Å²) in [6.07, 6.45) is 3.79. The first-order valence-corrected chi connectivity index (χ1v) is 8.10. The topological polar surface area (TPSA) is 15.3 Å². The van der Waals surface area contributed by atoms with Crippen LogP contribution in [0.2, 0.25) is 0 Å². The van der Waals surface area contributed by atoms with E-state index in [1.165, 1.54) is 43.5 Å². The molecule has 0 radical (unpaired) electrons. The Morgan fingerprint density at radius 1 is 1.10 bits per heavy atom. The SMILES string of the molecule is CCC(C)c1ccc(C(C2CCNCC2)N(C)C)cc1. The van der Waals surface area contributed by atoms with Crippen molar-refractivity contribution in [1.82, 2.24) is 10.2 Å². The molecule has 2 rings (SSSR count). The van der Waals surface area contributed by atoms with Crippen molar-refractivity contribution in [1.29, 1.82) is 0 Å². The highest BCUT2D eigenvalue weighted by Crippen LogP contribution is 2.33. The fourth-order valence-corrected chi connectivity index (χ4v) is 3.41. The second-order valence-corrected chi connectivity index (χ2v) is 6.47. The first kappa shape index (κ1) is 15.5. The van der Waals surface area contributed by atoms with Crippen molar-refractivity contribution in [2.45, 2.75) is 45.1 Å². The van der Waals surface area contributed by atoms with Crippen molar-refractivity contribution >= 4 is 0 Å². The lowest BCUT2D eigenvalue weighted by atomic mass is 9.84. The molecule has 112 valence electrons. The highest BCUT2D eigenvalue weighted by atomic mass is 15.1. The summed E-state index contributed by atoms with van der Waals surface area (Å²) < 4.78 is 0. The summed E-state index contributed by atoms with van der Waals surface area (Å²) in [4.78, 5) is 2.40. The maximum Gasteiger partial charge on any atom is 0.0371 e. The van der Waals surface area contributed by atoms with Crippen LogP contribution in [-0.4, -0.2) is 32.1 Å². The van der Waals surface area contributed by atoms with E-state index < -0.39 is 0 Å². The van der Waals surface area contributed by atoms with Gasteiger partial charge in [0.1, 0.15) is 0 Å². The average molecular weight is 274 g/mol. The molecule has 1 aromatic carbocycles. The van der Waals surface area contributed by atoms with Gasteiger partial charge in [-0.1, -0.05) is 38.1 Å². The summed E-state index contributed by atoms with van der Waals surface area (Å²) in [6, 6.07) is 9.94. The van der Waals surface area contributed by atoms with Gasteiger partial charge in [0.05, 0.1) is 0 Å². The summed E-state index contributed by atoms with van der Waals surface area (Å²) in [5, 5.41) is 3.47. The van der Waals surface area contributed by atoms with Crippen LogP contribution >= 0.6 is 0 Å². The number of benzene rings is 1. The van der Waals surface area contributed by atoms with Crippen molar-refractivity contribution < 1.29 is 0 Å². The Morgan fingerprint density at radius 3 is 2.15 bits per heavy atom. The Kier molecular flexibility index (Phi) is 5.62. The molecule has 0 saturated carbocycles. The molecule has 0 spiro atoms. The number of hydrogen-bond acceptors (Lipinski definition) is 2. The van der Waals surface area contributed by atoms with Gasteiger partial charge in [-0.3, -0.25) is 0 Å². The molecule has 0 amide bonds. The third kappa shape index (κ3) is 3.62. The van der Waals surface area contributed by atoms with Crippen LogP contribution in [-0.2, 0) is 0 Å². The van der Waals surface area contributed by atoms with E-state index in [9.17, 15) is 0 Å². The van der Waals surface area contributed by atoms with Crippen LogP contribution in [0.4, 0.5) is 0 Å². The van der Waals surface area contributed by atoms with Gasteiger partial charge < -0.3 is 10.2 Å². The monoisotopic (exact) mass is 274 g/mol. The third-order valence-corrected chi connectivity index (χ3v) is 4.85. The number of nitrogens with one attached hydrogen (secondary N) is 1. The minimum atomic E-state index is 0.558. The molecular weight excluding hydrogens is 244 g/mol. The van der Waals surface area contributed by atoms with Crippen molar-refractivity contribution in [3.05, 3.63) is 35.4 Å². The highest BCUT2D eigenvalue weighted by molar-refractivity contribution is 5.27. The molecule has 1 heterocycles. The van der Waals surface area contributed by atoms with E-state index in [0.717, 1.165) is 5.92 Å². The quantitative estimate of drug-likeness (QED) is 0.878. The van der Waals surface area contributed by atoms with E-state index >= 15 is 0 Å². The van der Waals surface area contributed by atoms with Gasteiger partial charge in [-0.15, -0.1) is 0 Å². The van der Waals surface area contributed by atoms with Crippen LogP contribution in [0, 0.1) is 5.92 Å². The smallest absolute Gasteiger partial charge is 0.0371 e. The molecule has 1 aromatic rings. The van der Waals surface area contributed by atoms with E-state index in [2.05, 4.69) is 62.4 Å². The molecule has 1 aliphatic rings. The highest BCUT2D eigenvalue weighted by Gasteiger charge is 2.26. The first-order chi connectivity index (χ1) is 9.63. The van der Waals surface area contributed by atoms with E-state index in [-0.39, 0.29) is 0 Å². The van der Waals surface area contributed by atoms with Crippen LogP contribution in [0.3, 0.4) is 0 Å². The zero-order valence-corrected chi connectivity index (χ0v) is 13.5. The Morgan fingerprint density at radius 2 is 1.65 bits per heavy atom. The summed E-state index contributed by atoms with van der Waals surface area (Å²) >= 11 is 0. The van der Waals surface area contributed by atoms with Gasteiger partial charge in [0.25, 0.3) is 0 Å². The van der Waals surface area contributed by atoms with Crippen molar-refractivity contribution in [2.75, 3.05) is 27.2 Å². The fraction of sp³-hybridized carbons (Fsp3) is 0.667. The molecule has 2 heteroatoms. The Hall–Kier alpha value is -0.860. The lowest BCUT2D eigenvalue weighted by Crippen LogP contribution is -2.36. The van der Waals surface area contributed by atoms with Gasteiger partial charge in [-0.2, -0.15) is 0 Å². The summed E-state index contributed by atoms with van der Waals surface area (Å²) in [7, 11) is 4.44. The molecular formula is C18H30N2. The standard InChI is InChI=1S/C18H30N2/c1-5-14(2)15-6-8-16(9-7-15)18(20(3)4)17-10-12-19-13-11-17/h6-9,14,17-19H,5,10-13H2,1-4H3. The second-order valence-electron chi connectivity index (χ2n) is 6.47. The molecule has 1 saturated heterocycles. The summed E-state index contributed by atoms with van der Waals surface area (Å²) in [5.74, 6) is 1.45. The molecule has 1 fully saturated rings. The molecule has 0 bridgehead atoms. The molecule has 2 atom stereocenters. The van der Waals surface area contributed by atoms with Crippen LogP contribution in [0.5, 0.6) is 0 Å². The van der Waals surface area contributed by atoms with Gasteiger partial charge in [0.15, 0.2) is 0 Å². The third-order valence-electron chi connectivity index (χ3n) is 4.85. The van der Waals surface area contributed by atoms with E-state index in [4.69, 9.17) is 0 Å². The van der Waals surface area contributed by atoms with Crippen LogP contribution in [0.15, 0.2) is 24.3 Å². The van der Waals surface area contributed by atoms with Gasteiger partial charge in [0, 0.05) is 6.04 Å². The number of nitrogens with zero attached hydrogens (tertiary/aromatic N) is 1. The first-order valence-electron chi connectivity index (χ1n) is 8.10. The molecule has 1 aliphatic heterocycles. The van der Waals surface area contributed by atoms with Crippen LogP contribution < -0.4 is 5.32 Å². The molecule has 0 aliphatic carbocycles. The van der Waals surface area contributed by atoms with Gasteiger partial charge in [-0.25, -0.2) is 0 Å². The predicted molar refractivity (Wildman–Crippen MR) is 87.2 cm³/mol. The minimum Gasteiger partial charge on any atom is -0.317 e. The zero-order chi connectivity index (χ0) is 14.5. The second kappa shape index (κ2) is 7.24. The van der Waals surface area contributed by atoms with E-state index in [1.54, 1.807) is 0 Å². The Labute approximate surface area is 124 Å². The zero-order valence-electron chi connectivity index (χ0n) is 13.5. The van der Waals surface area contributed by atoms with Gasteiger partial charge >= 0.3 is 0 Å². The normalized spacial score (nSPS) is 20.1. The van der Waals surface area contributed by atoms with Crippen LogP contribution in [0.1, 0.15) is 56.2 Å². The Bertz CT molecular complexity index is 390. The van der Waals surface area contributed by atoms with Crippen molar-refractivity contribution in [2.24, 2.45) is 5.92 Å². The minimum absolute atomic E-state index is 0.558. The molecule has 20 heavy (non-hydrogen) atoms. The summed E-state index contributed by atoms with van der Waals surface area (Å²) in [5.41, 5.74) is 2.95. The van der Waals surface area contributed by atoms with Crippen LogP contribution in [0.25, 0.3) is 0 Å². The van der Waals surface area contributed by atoms with Crippen molar-refractivity contribution in [3.8, 4) is 0 Å².